The molecular weight excluding hydrogens is 274 g/mol. The minimum atomic E-state index is 0.202. The lowest BCUT2D eigenvalue weighted by Crippen LogP contribution is -2.35. The number of nitrogens with zero attached hydrogens (tertiary/aromatic N) is 1. The first-order valence-electron chi connectivity index (χ1n) is 8.59. The fourth-order valence-electron chi connectivity index (χ4n) is 3.08. The first kappa shape index (κ1) is 17.0. The summed E-state index contributed by atoms with van der Waals surface area (Å²) in [7, 11) is 0. The maximum absolute atomic E-state index is 12.6. The Morgan fingerprint density at radius 1 is 1.41 bits per heavy atom. The van der Waals surface area contributed by atoms with E-state index in [-0.39, 0.29) is 5.78 Å². The van der Waals surface area contributed by atoms with Gasteiger partial charge in [-0.15, -0.1) is 0 Å². The van der Waals surface area contributed by atoms with Gasteiger partial charge in [-0.1, -0.05) is 25.5 Å². The predicted molar refractivity (Wildman–Crippen MR) is 90.8 cm³/mol. The van der Waals surface area contributed by atoms with Gasteiger partial charge in [-0.25, -0.2) is 0 Å². The molecule has 1 unspecified atom stereocenters. The van der Waals surface area contributed by atoms with E-state index in [4.69, 9.17) is 4.74 Å². The zero-order chi connectivity index (χ0) is 15.9. The molecule has 1 aliphatic rings. The summed E-state index contributed by atoms with van der Waals surface area (Å²) in [4.78, 5) is 15.0. The SMILES string of the molecule is CCCOc1ccc(C)cc1C(=O)CCN1CCCC(C)C1. The molecule has 2 rings (SSSR count). The van der Waals surface area contributed by atoms with Gasteiger partial charge in [0.2, 0.25) is 0 Å². The number of rotatable bonds is 7. The lowest BCUT2D eigenvalue weighted by molar-refractivity contribution is 0.0945. The average Bonchev–Trinajstić information content (AvgIpc) is 2.51. The summed E-state index contributed by atoms with van der Waals surface area (Å²) >= 11 is 0. The van der Waals surface area contributed by atoms with Crippen LogP contribution in [0.2, 0.25) is 0 Å². The van der Waals surface area contributed by atoms with Crippen molar-refractivity contribution in [3.8, 4) is 5.75 Å². The molecule has 0 bridgehead atoms. The molecule has 0 N–H and O–H groups in total. The van der Waals surface area contributed by atoms with Crippen molar-refractivity contribution in [2.24, 2.45) is 5.92 Å². The largest absolute Gasteiger partial charge is 0.493 e. The van der Waals surface area contributed by atoms with E-state index >= 15 is 0 Å². The van der Waals surface area contributed by atoms with Gasteiger partial charge >= 0.3 is 0 Å². The molecule has 1 saturated heterocycles. The third-order valence-corrected chi connectivity index (χ3v) is 4.29. The lowest BCUT2D eigenvalue weighted by Gasteiger charge is -2.30. The average molecular weight is 303 g/mol. The van der Waals surface area contributed by atoms with E-state index in [2.05, 4.69) is 18.7 Å². The van der Waals surface area contributed by atoms with E-state index in [1.807, 2.05) is 25.1 Å². The van der Waals surface area contributed by atoms with Crippen LogP contribution in [-0.4, -0.2) is 36.9 Å². The highest BCUT2D eigenvalue weighted by atomic mass is 16.5. The van der Waals surface area contributed by atoms with Crippen LogP contribution in [0.4, 0.5) is 0 Å². The summed E-state index contributed by atoms with van der Waals surface area (Å²) in [5.41, 5.74) is 1.86. The molecule has 1 atom stereocenters. The Balaban J connectivity index is 1.97. The minimum Gasteiger partial charge on any atom is -0.493 e. The van der Waals surface area contributed by atoms with Crippen LogP contribution in [0.25, 0.3) is 0 Å². The van der Waals surface area contributed by atoms with Gasteiger partial charge in [-0.3, -0.25) is 4.79 Å². The highest BCUT2D eigenvalue weighted by Crippen LogP contribution is 2.23. The number of hydrogen-bond donors (Lipinski definition) is 0. The van der Waals surface area contributed by atoms with Gasteiger partial charge in [0.05, 0.1) is 12.2 Å². The van der Waals surface area contributed by atoms with Gasteiger partial charge in [-0.05, 0) is 50.8 Å². The molecule has 1 fully saturated rings. The number of ether oxygens (including phenoxy) is 1. The number of ketones is 1. The number of benzene rings is 1. The van der Waals surface area contributed by atoms with Gasteiger partial charge in [-0.2, -0.15) is 0 Å². The van der Waals surface area contributed by atoms with Crippen LogP contribution < -0.4 is 4.74 Å². The maximum atomic E-state index is 12.6. The highest BCUT2D eigenvalue weighted by molar-refractivity contribution is 5.99. The zero-order valence-electron chi connectivity index (χ0n) is 14.2. The van der Waals surface area contributed by atoms with Crippen molar-refractivity contribution < 1.29 is 9.53 Å². The molecule has 1 aromatic carbocycles. The molecule has 3 nitrogen and oxygen atoms in total. The highest BCUT2D eigenvalue weighted by Gasteiger charge is 2.18. The summed E-state index contributed by atoms with van der Waals surface area (Å²) in [6.45, 7) is 10.2. The molecule has 0 saturated carbocycles. The van der Waals surface area contributed by atoms with E-state index in [9.17, 15) is 4.79 Å². The van der Waals surface area contributed by atoms with Crippen molar-refractivity contribution in [2.45, 2.75) is 46.5 Å². The topological polar surface area (TPSA) is 29.5 Å². The molecule has 3 heteroatoms. The molecule has 0 aliphatic carbocycles. The standard InChI is InChI=1S/C19H29NO2/c1-4-12-22-19-8-7-15(2)13-17(19)18(21)9-11-20-10-5-6-16(3)14-20/h7-8,13,16H,4-6,9-12,14H2,1-3H3. The minimum absolute atomic E-state index is 0.202. The fraction of sp³-hybridized carbons (Fsp3) is 0.632. The number of carbonyl (C=O) groups excluding carboxylic acids is 1. The second kappa shape index (κ2) is 8.33. The molecule has 22 heavy (non-hydrogen) atoms. The molecule has 0 spiro atoms. The summed E-state index contributed by atoms with van der Waals surface area (Å²) in [5.74, 6) is 1.70. The van der Waals surface area contributed by atoms with E-state index in [1.165, 1.54) is 12.8 Å². The second-order valence-corrected chi connectivity index (χ2v) is 6.57. The van der Waals surface area contributed by atoms with Crippen LogP contribution in [0.5, 0.6) is 5.75 Å². The Bertz CT molecular complexity index is 498. The van der Waals surface area contributed by atoms with Crippen molar-refractivity contribution >= 4 is 5.78 Å². The quantitative estimate of drug-likeness (QED) is 0.711. The van der Waals surface area contributed by atoms with Crippen LogP contribution in [0.1, 0.15) is 55.5 Å². The van der Waals surface area contributed by atoms with Gasteiger partial charge in [0, 0.05) is 19.5 Å². The van der Waals surface area contributed by atoms with Gasteiger partial charge in [0.25, 0.3) is 0 Å². The van der Waals surface area contributed by atoms with E-state index in [1.54, 1.807) is 0 Å². The molecule has 1 heterocycles. The number of likely N-dealkylation sites (tertiary alicyclic amines) is 1. The smallest absolute Gasteiger partial charge is 0.167 e. The van der Waals surface area contributed by atoms with E-state index in [0.717, 1.165) is 48.8 Å². The van der Waals surface area contributed by atoms with Gasteiger partial charge < -0.3 is 9.64 Å². The van der Waals surface area contributed by atoms with Crippen LogP contribution in [0, 0.1) is 12.8 Å². The summed E-state index contributed by atoms with van der Waals surface area (Å²) < 4.78 is 5.74. The number of aryl methyl sites for hydroxylation is 1. The van der Waals surface area contributed by atoms with Crippen molar-refractivity contribution in [3.63, 3.8) is 0 Å². The Labute approximate surface area is 134 Å². The molecule has 1 aliphatic heterocycles. The number of piperidine rings is 1. The Morgan fingerprint density at radius 2 is 2.23 bits per heavy atom. The number of Topliss-reactive ketones (excluding diaryl/α,β-unsaturated/α-hetero) is 1. The Morgan fingerprint density at radius 3 is 2.95 bits per heavy atom. The van der Waals surface area contributed by atoms with Gasteiger partial charge in [0.15, 0.2) is 5.78 Å². The second-order valence-electron chi connectivity index (χ2n) is 6.57. The zero-order valence-corrected chi connectivity index (χ0v) is 14.2. The Kier molecular flexibility index (Phi) is 6.44. The number of carbonyl (C=O) groups is 1. The van der Waals surface area contributed by atoms with Crippen LogP contribution in [0.15, 0.2) is 18.2 Å². The summed E-state index contributed by atoms with van der Waals surface area (Å²) in [6, 6.07) is 5.90. The Hall–Kier alpha value is -1.35. The summed E-state index contributed by atoms with van der Waals surface area (Å²) in [6.07, 6.45) is 4.10. The van der Waals surface area contributed by atoms with Crippen molar-refractivity contribution in [3.05, 3.63) is 29.3 Å². The molecule has 0 aromatic heterocycles. The monoisotopic (exact) mass is 303 g/mol. The fourth-order valence-corrected chi connectivity index (χ4v) is 3.08. The number of hydrogen-bond acceptors (Lipinski definition) is 3. The predicted octanol–water partition coefficient (Wildman–Crippen LogP) is 4.09. The van der Waals surface area contributed by atoms with Crippen LogP contribution in [0.3, 0.4) is 0 Å². The third kappa shape index (κ3) is 4.84. The van der Waals surface area contributed by atoms with E-state index < -0.39 is 0 Å². The lowest BCUT2D eigenvalue weighted by atomic mass is 9.99. The van der Waals surface area contributed by atoms with Crippen molar-refractivity contribution in [1.29, 1.82) is 0 Å². The first-order chi connectivity index (χ1) is 10.6. The molecular formula is C19H29NO2. The molecule has 0 amide bonds. The van der Waals surface area contributed by atoms with Crippen molar-refractivity contribution in [2.75, 3.05) is 26.2 Å². The first-order valence-corrected chi connectivity index (χ1v) is 8.59. The molecule has 122 valence electrons. The molecule has 1 aromatic rings. The van der Waals surface area contributed by atoms with Gasteiger partial charge in [0.1, 0.15) is 5.75 Å². The van der Waals surface area contributed by atoms with Crippen LogP contribution >= 0.6 is 0 Å². The summed E-state index contributed by atoms with van der Waals surface area (Å²) in [5, 5.41) is 0. The van der Waals surface area contributed by atoms with Crippen molar-refractivity contribution in [1.82, 2.24) is 4.90 Å². The van der Waals surface area contributed by atoms with E-state index in [0.29, 0.717) is 13.0 Å². The molecule has 0 radical (unpaired) electrons. The maximum Gasteiger partial charge on any atom is 0.167 e. The van der Waals surface area contributed by atoms with Crippen LogP contribution in [-0.2, 0) is 0 Å². The normalized spacial score (nSPS) is 19.1. The third-order valence-electron chi connectivity index (χ3n) is 4.29.